The van der Waals surface area contributed by atoms with Crippen LogP contribution in [0.3, 0.4) is 0 Å². The Balaban J connectivity index is 2.84. The maximum atomic E-state index is 12.0. The minimum Gasteiger partial charge on any atom is -0.365 e. The number of quaternary nitrogens is 1. The minimum atomic E-state index is -1.72. The van der Waals surface area contributed by atoms with Crippen LogP contribution in [0.4, 0.5) is 0 Å². The summed E-state index contributed by atoms with van der Waals surface area (Å²) >= 11 is 0. The van der Waals surface area contributed by atoms with Crippen LogP contribution in [0.25, 0.3) is 0 Å². The van der Waals surface area contributed by atoms with Gasteiger partial charge in [0.1, 0.15) is 14.7 Å². The quantitative estimate of drug-likeness (QED) is 0.488. The monoisotopic (exact) mass is 266 g/mol. The van der Waals surface area contributed by atoms with Crippen LogP contribution in [0, 0.1) is 0 Å². The van der Waals surface area contributed by atoms with Crippen molar-refractivity contribution in [3.8, 4) is 0 Å². The summed E-state index contributed by atoms with van der Waals surface area (Å²) in [5.41, 5.74) is 0.572. The molecule has 0 amide bonds. The van der Waals surface area contributed by atoms with E-state index in [1.165, 1.54) is 0 Å². The van der Waals surface area contributed by atoms with E-state index in [2.05, 4.69) is 6.58 Å². The van der Waals surface area contributed by atoms with Gasteiger partial charge in [-0.25, -0.2) is 0 Å². The summed E-state index contributed by atoms with van der Waals surface area (Å²) in [6.07, 6.45) is 1.66. The summed E-state index contributed by atoms with van der Waals surface area (Å²) in [6, 6.07) is 9.55. The Kier molecular flexibility index (Phi) is 5.21. The Labute approximate surface area is 110 Å². The predicted molar refractivity (Wildman–Crippen MR) is 76.4 cm³/mol. The van der Waals surface area contributed by atoms with Gasteiger partial charge < -0.3 is 9.38 Å². The lowest BCUT2D eigenvalue weighted by atomic mass is 10.1. The summed E-state index contributed by atoms with van der Waals surface area (Å²) in [4.78, 5) is 22.3. The van der Waals surface area contributed by atoms with Crippen LogP contribution in [0.1, 0.15) is 11.2 Å². The van der Waals surface area contributed by atoms with Crippen molar-refractivity contribution in [1.29, 1.82) is 0 Å². The number of rotatable bonds is 6. The van der Waals surface area contributed by atoms with E-state index in [9.17, 15) is 9.69 Å². The van der Waals surface area contributed by atoms with E-state index in [4.69, 9.17) is 0 Å². The normalized spacial score (nSPS) is 14.9. The topological polar surface area (TPSA) is 37.3 Å². The van der Waals surface area contributed by atoms with Gasteiger partial charge in [-0.15, -0.1) is 6.58 Å². The number of likely N-dealkylation sites (N-methyl/N-ethyl adjacent to an activating group) is 1. The van der Waals surface area contributed by atoms with Gasteiger partial charge in [0.2, 0.25) is 5.52 Å². The zero-order valence-electron chi connectivity index (χ0n) is 11.2. The molecular formula is C14H21NO2P+. The van der Waals surface area contributed by atoms with Crippen molar-refractivity contribution in [2.45, 2.75) is 5.66 Å². The number of hydrogen-bond donors (Lipinski definition) is 1. The van der Waals surface area contributed by atoms with Gasteiger partial charge in [-0.05, 0) is 5.56 Å². The van der Waals surface area contributed by atoms with Crippen LogP contribution >= 0.6 is 8.15 Å². The van der Waals surface area contributed by atoms with Crippen molar-refractivity contribution < 1.29 is 14.2 Å². The second kappa shape index (κ2) is 6.24. The van der Waals surface area contributed by atoms with E-state index in [-0.39, 0.29) is 11.2 Å². The molecule has 0 saturated heterocycles. The number of carbonyl (C=O) groups excluding carboxylic acids is 1. The molecular weight excluding hydrogens is 245 g/mol. The molecule has 0 aromatic heterocycles. The standard InChI is InChI=1S/C14H21NO2P/c1-5-13(12-9-7-6-8-10-12)18(17)14(16)11-15(2,3)4/h5-10,13,17H,1,11H2,2-4H3/q+1. The van der Waals surface area contributed by atoms with Crippen molar-refractivity contribution in [2.75, 3.05) is 27.7 Å². The Morgan fingerprint density at radius 3 is 2.39 bits per heavy atom. The lowest BCUT2D eigenvalue weighted by Crippen LogP contribution is -2.39. The van der Waals surface area contributed by atoms with Gasteiger partial charge in [0.25, 0.3) is 0 Å². The first-order chi connectivity index (χ1) is 8.35. The Morgan fingerprint density at radius 2 is 1.94 bits per heavy atom. The van der Waals surface area contributed by atoms with E-state index in [0.29, 0.717) is 11.0 Å². The Bertz CT molecular complexity index is 412. The van der Waals surface area contributed by atoms with Crippen molar-refractivity contribution in [2.24, 2.45) is 0 Å². The zero-order chi connectivity index (χ0) is 13.8. The third-order valence-electron chi connectivity index (χ3n) is 2.49. The Morgan fingerprint density at radius 1 is 1.39 bits per heavy atom. The molecule has 0 saturated carbocycles. The molecule has 0 aliphatic heterocycles. The minimum absolute atomic E-state index is 0.0914. The molecule has 0 bridgehead atoms. The third-order valence-corrected chi connectivity index (χ3v) is 4.18. The van der Waals surface area contributed by atoms with Crippen LogP contribution in [0.5, 0.6) is 0 Å². The molecule has 98 valence electrons. The van der Waals surface area contributed by atoms with Gasteiger partial charge in [-0.1, -0.05) is 36.4 Å². The van der Waals surface area contributed by atoms with E-state index < -0.39 is 8.15 Å². The fourth-order valence-electron chi connectivity index (χ4n) is 1.66. The third kappa shape index (κ3) is 4.34. The molecule has 1 aromatic rings. The van der Waals surface area contributed by atoms with Crippen molar-refractivity contribution >= 4 is 13.7 Å². The van der Waals surface area contributed by atoms with Crippen molar-refractivity contribution in [3.63, 3.8) is 0 Å². The molecule has 0 fully saturated rings. The number of allylic oxidation sites excluding steroid dienone is 1. The van der Waals surface area contributed by atoms with Gasteiger partial charge >= 0.3 is 0 Å². The fraction of sp³-hybridized carbons (Fsp3) is 0.357. The first-order valence-corrected chi connectivity index (χ1v) is 7.20. The largest absolute Gasteiger partial charge is 0.365 e. The second-order valence-corrected chi connectivity index (χ2v) is 7.02. The van der Waals surface area contributed by atoms with Crippen LogP contribution in [-0.2, 0) is 4.79 Å². The highest BCUT2D eigenvalue weighted by molar-refractivity contribution is 7.70. The molecule has 2 atom stereocenters. The summed E-state index contributed by atoms with van der Waals surface area (Å²) in [5.74, 6) is 0. The summed E-state index contributed by atoms with van der Waals surface area (Å²) in [6.45, 7) is 4.07. The molecule has 0 spiro atoms. The lowest BCUT2D eigenvalue weighted by molar-refractivity contribution is -0.861. The average Bonchev–Trinajstić information content (AvgIpc) is 2.29. The van der Waals surface area contributed by atoms with E-state index in [0.717, 1.165) is 5.56 Å². The summed E-state index contributed by atoms with van der Waals surface area (Å²) in [7, 11) is 4.09. The zero-order valence-corrected chi connectivity index (χ0v) is 12.1. The van der Waals surface area contributed by atoms with E-state index in [1.807, 2.05) is 51.5 Å². The van der Waals surface area contributed by atoms with Gasteiger partial charge in [0, 0.05) is 0 Å². The van der Waals surface area contributed by atoms with Gasteiger partial charge in [-0.2, -0.15) is 0 Å². The molecule has 1 N–H and O–H groups in total. The lowest BCUT2D eigenvalue weighted by Gasteiger charge is -2.26. The molecule has 2 unspecified atom stereocenters. The van der Waals surface area contributed by atoms with Crippen LogP contribution in [-0.4, -0.2) is 42.6 Å². The molecule has 18 heavy (non-hydrogen) atoms. The van der Waals surface area contributed by atoms with Gasteiger partial charge in [0.05, 0.1) is 26.8 Å². The van der Waals surface area contributed by atoms with Crippen LogP contribution in [0.15, 0.2) is 43.0 Å². The van der Waals surface area contributed by atoms with Crippen molar-refractivity contribution in [3.05, 3.63) is 48.6 Å². The predicted octanol–water partition coefficient (Wildman–Crippen LogP) is 2.54. The maximum Gasteiger partial charge on any atom is 0.235 e. The Hall–Kier alpha value is -1.02. The number of hydrogen-bond acceptors (Lipinski definition) is 2. The molecule has 1 aromatic carbocycles. The molecule has 3 nitrogen and oxygen atoms in total. The van der Waals surface area contributed by atoms with Crippen LogP contribution < -0.4 is 0 Å². The molecule has 0 radical (unpaired) electrons. The van der Waals surface area contributed by atoms with Crippen molar-refractivity contribution in [1.82, 2.24) is 0 Å². The highest BCUT2D eigenvalue weighted by atomic mass is 31.1. The maximum absolute atomic E-state index is 12.0. The summed E-state index contributed by atoms with van der Waals surface area (Å²) < 4.78 is 0.525. The molecule has 0 heterocycles. The summed E-state index contributed by atoms with van der Waals surface area (Å²) in [5, 5.41) is 0. The fourth-order valence-corrected chi connectivity index (χ4v) is 3.19. The van der Waals surface area contributed by atoms with Crippen LogP contribution in [0.2, 0.25) is 0 Å². The molecule has 1 rings (SSSR count). The van der Waals surface area contributed by atoms with Gasteiger partial charge in [0.15, 0.2) is 0 Å². The second-order valence-electron chi connectivity index (χ2n) is 5.28. The van der Waals surface area contributed by atoms with E-state index in [1.54, 1.807) is 6.08 Å². The molecule has 0 aliphatic carbocycles. The first-order valence-electron chi connectivity index (χ1n) is 5.84. The smallest absolute Gasteiger partial charge is 0.235 e. The molecule has 4 heteroatoms. The number of carbonyl (C=O) groups is 1. The highest BCUT2D eigenvalue weighted by Gasteiger charge is 2.29. The number of benzene rings is 1. The SMILES string of the molecule is C=CC(c1ccccc1)P(O)C(=O)C[N+](C)(C)C. The molecule has 0 aliphatic rings. The number of nitrogens with zero attached hydrogens (tertiary/aromatic N) is 1. The average molecular weight is 266 g/mol. The highest BCUT2D eigenvalue weighted by Crippen LogP contribution is 2.49. The van der Waals surface area contributed by atoms with E-state index >= 15 is 0 Å². The first kappa shape index (κ1) is 15.0. The van der Waals surface area contributed by atoms with Gasteiger partial charge in [-0.3, -0.25) is 4.79 Å².